The number of nitrogens with one attached hydrogen (secondary N) is 2. The van der Waals surface area contributed by atoms with Crippen LogP contribution in [-0.4, -0.2) is 31.2 Å². The van der Waals surface area contributed by atoms with Crippen molar-refractivity contribution in [1.82, 2.24) is 10.6 Å². The number of amides is 2. The van der Waals surface area contributed by atoms with E-state index in [1.165, 1.54) is 12.6 Å². The highest BCUT2D eigenvalue weighted by Gasteiger charge is 2.03. The van der Waals surface area contributed by atoms with Crippen molar-refractivity contribution in [3.05, 3.63) is 34.9 Å². The second kappa shape index (κ2) is 12.5. The second-order valence-electron chi connectivity index (χ2n) is 3.88. The lowest BCUT2D eigenvalue weighted by Gasteiger charge is -2.04. The number of thioether (sulfide) groups is 1. The van der Waals surface area contributed by atoms with Gasteiger partial charge in [-0.05, 0) is 17.7 Å². The molecule has 1 aromatic rings. The zero-order valence-corrected chi connectivity index (χ0v) is 14.3. The lowest BCUT2D eigenvalue weighted by Crippen LogP contribution is -2.35. The maximum atomic E-state index is 11.4. The van der Waals surface area contributed by atoms with Gasteiger partial charge in [0.1, 0.15) is 0 Å². The normalized spacial score (nSPS) is 9.33. The molecule has 2 N–H and O–H groups in total. The summed E-state index contributed by atoms with van der Waals surface area (Å²) in [7, 11) is 1.54. The van der Waals surface area contributed by atoms with Crippen molar-refractivity contribution in [2.45, 2.75) is 26.0 Å². The Morgan fingerprint density at radius 3 is 2.33 bits per heavy atom. The van der Waals surface area contributed by atoms with E-state index in [9.17, 15) is 9.59 Å². The van der Waals surface area contributed by atoms with Gasteiger partial charge in [-0.25, -0.2) is 0 Å². The van der Waals surface area contributed by atoms with Gasteiger partial charge in [0.15, 0.2) is 0 Å². The fraction of sp³-hybridized carbons (Fsp3) is 0.467. The Hall–Kier alpha value is -1.20. The Labute approximate surface area is 136 Å². The van der Waals surface area contributed by atoms with Crippen LogP contribution in [0.3, 0.4) is 0 Å². The minimum atomic E-state index is -0.192. The van der Waals surface area contributed by atoms with Crippen LogP contribution < -0.4 is 10.6 Å². The van der Waals surface area contributed by atoms with Gasteiger partial charge in [0.25, 0.3) is 0 Å². The average Bonchev–Trinajstić information content (AvgIpc) is 2.52. The third-order valence-corrected chi connectivity index (χ3v) is 3.66. The van der Waals surface area contributed by atoms with Gasteiger partial charge in [0, 0.05) is 30.0 Å². The molecule has 1 rings (SSSR count). The molecule has 118 valence electrons. The number of carbonyl (C=O) groups is 2. The molecule has 0 unspecified atom stereocenters. The summed E-state index contributed by atoms with van der Waals surface area (Å²) >= 11 is 7.47. The molecule has 0 aliphatic rings. The summed E-state index contributed by atoms with van der Waals surface area (Å²) in [5, 5.41) is 5.73. The highest BCUT2D eigenvalue weighted by Crippen LogP contribution is 2.15. The van der Waals surface area contributed by atoms with E-state index < -0.39 is 0 Å². The van der Waals surface area contributed by atoms with Crippen LogP contribution in [0.2, 0.25) is 5.02 Å². The minimum Gasteiger partial charge on any atom is -0.358 e. The largest absolute Gasteiger partial charge is 0.358 e. The highest BCUT2D eigenvalue weighted by atomic mass is 35.5. The van der Waals surface area contributed by atoms with Crippen LogP contribution in [0.25, 0.3) is 0 Å². The number of halogens is 1. The lowest BCUT2D eigenvalue weighted by atomic mass is 10.2. The lowest BCUT2D eigenvalue weighted by molar-refractivity contribution is -0.125. The molecule has 1 aromatic carbocycles. The molecule has 0 radical (unpaired) electrons. The van der Waals surface area contributed by atoms with Gasteiger partial charge in [-0.2, -0.15) is 11.8 Å². The summed E-state index contributed by atoms with van der Waals surface area (Å²) in [6, 6.07) is 7.66. The zero-order valence-electron chi connectivity index (χ0n) is 12.7. The molecular weight excluding hydrogens is 308 g/mol. The van der Waals surface area contributed by atoms with E-state index in [-0.39, 0.29) is 18.4 Å². The minimum absolute atomic E-state index is 0.0389. The van der Waals surface area contributed by atoms with Crippen LogP contribution in [0.15, 0.2) is 24.3 Å². The van der Waals surface area contributed by atoms with Crippen LogP contribution in [0, 0.1) is 0 Å². The van der Waals surface area contributed by atoms with Crippen LogP contribution in [0.1, 0.15) is 25.8 Å². The molecule has 0 aliphatic carbocycles. The fourth-order valence-electron chi connectivity index (χ4n) is 1.29. The molecule has 21 heavy (non-hydrogen) atoms. The molecule has 0 heterocycles. The Morgan fingerprint density at radius 1 is 1.14 bits per heavy atom. The van der Waals surface area contributed by atoms with Crippen LogP contribution in [-0.2, 0) is 15.3 Å². The van der Waals surface area contributed by atoms with E-state index in [2.05, 4.69) is 10.6 Å². The first-order valence-corrected chi connectivity index (χ1v) is 8.44. The molecule has 0 saturated carbocycles. The number of hydrogen-bond acceptors (Lipinski definition) is 3. The fourth-order valence-corrected chi connectivity index (χ4v) is 2.32. The molecule has 0 spiro atoms. The summed E-state index contributed by atoms with van der Waals surface area (Å²) in [6.07, 6.45) is 0.412. The molecule has 0 saturated heterocycles. The standard InChI is InChI=1S/C13H17ClN2O2S.C2H6/c1-15-13(18)8-16-12(17)6-7-19-9-10-2-4-11(14)5-3-10;1-2/h2-5H,6-9H2,1H3,(H,15,18)(H,16,17);1-2H3. The number of carbonyl (C=O) groups excluding carboxylic acids is 2. The molecule has 0 fully saturated rings. The number of benzene rings is 1. The van der Waals surface area contributed by atoms with Crippen molar-refractivity contribution in [2.24, 2.45) is 0 Å². The SMILES string of the molecule is CC.CNC(=O)CNC(=O)CCSCc1ccc(Cl)cc1. The maximum absolute atomic E-state index is 11.4. The summed E-state index contributed by atoms with van der Waals surface area (Å²) in [5.41, 5.74) is 1.18. The van der Waals surface area contributed by atoms with E-state index in [4.69, 9.17) is 11.6 Å². The molecule has 0 atom stereocenters. The molecule has 0 aliphatic heterocycles. The molecule has 0 bridgehead atoms. The smallest absolute Gasteiger partial charge is 0.239 e. The third-order valence-electron chi connectivity index (χ3n) is 2.38. The van der Waals surface area contributed by atoms with Gasteiger partial charge in [0.2, 0.25) is 11.8 Å². The van der Waals surface area contributed by atoms with E-state index >= 15 is 0 Å². The Morgan fingerprint density at radius 2 is 1.76 bits per heavy atom. The van der Waals surface area contributed by atoms with Crippen molar-refractivity contribution in [3.63, 3.8) is 0 Å². The Bertz CT molecular complexity index is 424. The van der Waals surface area contributed by atoms with Gasteiger partial charge < -0.3 is 10.6 Å². The average molecular weight is 331 g/mol. The molecule has 0 aromatic heterocycles. The van der Waals surface area contributed by atoms with Crippen molar-refractivity contribution in [3.8, 4) is 0 Å². The number of hydrogen-bond donors (Lipinski definition) is 2. The van der Waals surface area contributed by atoms with E-state index in [1.54, 1.807) is 11.8 Å². The maximum Gasteiger partial charge on any atom is 0.239 e. The van der Waals surface area contributed by atoms with Gasteiger partial charge in [-0.1, -0.05) is 37.6 Å². The first kappa shape index (κ1) is 19.8. The Kier molecular flexibility index (Phi) is 11.8. The molecule has 4 nitrogen and oxygen atoms in total. The first-order chi connectivity index (χ1) is 10.1. The van der Waals surface area contributed by atoms with Gasteiger partial charge in [0.05, 0.1) is 6.54 Å². The summed E-state index contributed by atoms with van der Waals surface area (Å²) < 4.78 is 0. The van der Waals surface area contributed by atoms with Crippen molar-refractivity contribution >= 4 is 35.2 Å². The van der Waals surface area contributed by atoms with Crippen molar-refractivity contribution in [2.75, 3.05) is 19.3 Å². The predicted molar refractivity (Wildman–Crippen MR) is 90.7 cm³/mol. The van der Waals surface area contributed by atoms with Crippen LogP contribution in [0.5, 0.6) is 0 Å². The summed E-state index contributed by atoms with van der Waals surface area (Å²) in [6.45, 7) is 4.04. The second-order valence-corrected chi connectivity index (χ2v) is 5.42. The van der Waals surface area contributed by atoms with Crippen LogP contribution >= 0.6 is 23.4 Å². The first-order valence-electron chi connectivity index (χ1n) is 6.91. The number of rotatable bonds is 7. The summed E-state index contributed by atoms with van der Waals surface area (Å²) in [5.74, 6) is 1.27. The van der Waals surface area contributed by atoms with Crippen LogP contribution in [0.4, 0.5) is 0 Å². The summed E-state index contributed by atoms with van der Waals surface area (Å²) in [4.78, 5) is 22.3. The van der Waals surface area contributed by atoms with E-state index in [0.29, 0.717) is 6.42 Å². The quantitative estimate of drug-likeness (QED) is 0.756. The zero-order chi connectivity index (χ0) is 16.1. The molecule has 6 heteroatoms. The van der Waals surface area contributed by atoms with Gasteiger partial charge in [-0.3, -0.25) is 9.59 Å². The third kappa shape index (κ3) is 10.2. The van der Waals surface area contributed by atoms with Crippen molar-refractivity contribution in [1.29, 1.82) is 0 Å². The predicted octanol–water partition coefficient (Wildman–Crippen LogP) is 2.85. The number of likely N-dealkylation sites (N-methyl/N-ethyl adjacent to an activating group) is 1. The van der Waals surface area contributed by atoms with E-state index in [1.807, 2.05) is 38.1 Å². The van der Waals surface area contributed by atoms with Crippen molar-refractivity contribution < 1.29 is 9.59 Å². The van der Waals surface area contributed by atoms with Gasteiger partial charge in [-0.15, -0.1) is 0 Å². The molecule has 2 amide bonds. The van der Waals surface area contributed by atoms with E-state index in [0.717, 1.165) is 16.5 Å². The Balaban J connectivity index is 0.00000191. The highest BCUT2D eigenvalue weighted by molar-refractivity contribution is 7.98. The topological polar surface area (TPSA) is 58.2 Å². The monoisotopic (exact) mass is 330 g/mol. The van der Waals surface area contributed by atoms with Gasteiger partial charge >= 0.3 is 0 Å². The molecular formula is C15H23ClN2O2S.